The second-order valence-electron chi connectivity index (χ2n) is 9.29. The van der Waals surface area contributed by atoms with Gasteiger partial charge in [0.05, 0.1) is 0 Å². The second-order valence-corrected chi connectivity index (χ2v) is 9.29. The van der Waals surface area contributed by atoms with Gasteiger partial charge in [0.2, 0.25) is 0 Å². The first-order chi connectivity index (χ1) is 18.1. The Bertz CT molecular complexity index is 911. The molecule has 0 aromatic carbocycles. The van der Waals surface area contributed by atoms with Crippen LogP contribution in [0, 0.1) is 11.8 Å². The van der Waals surface area contributed by atoms with Crippen molar-refractivity contribution in [2.24, 2.45) is 11.8 Å². The Hall–Kier alpha value is -1.72. The molecule has 1 nitrogen and oxygen atoms in total. The SMILES string of the molecule is CC(C)C(F)(OC(F)(C(C)C)C(F)(F)C(F)(F)C(F)(F)C(F)(F)C(F)(F)F)C(F)(F)C(F)(F)C(F)(F)C(F)(F)C(F)(F)F. The summed E-state index contributed by atoms with van der Waals surface area (Å²) in [4.78, 5) is 0. The van der Waals surface area contributed by atoms with E-state index < -0.39 is 111 Å². The monoisotopic (exact) mass is 702 g/mol. The molecule has 0 aliphatic heterocycles. The molecule has 0 aromatic rings. The Labute approximate surface area is 222 Å². The Morgan fingerprint density at radius 2 is 0.442 bits per heavy atom. The normalized spacial score (nSPS) is 19.1. The van der Waals surface area contributed by atoms with E-state index in [1.54, 1.807) is 0 Å². The van der Waals surface area contributed by atoms with Gasteiger partial charge in [-0.15, -0.1) is 0 Å². The van der Waals surface area contributed by atoms with Gasteiger partial charge in [-0.1, -0.05) is 27.7 Å². The highest BCUT2D eigenvalue weighted by Gasteiger charge is 2.94. The van der Waals surface area contributed by atoms with E-state index in [1.807, 2.05) is 0 Å². The van der Waals surface area contributed by atoms with Crippen LogP contribution < -0.4 is 0 Å². The quantitative estimate of drug-likeness (QED) is 0.184. The van der Waals surface area contributed by atoms with Crippen LogP contribution in [0.5, 0.6) is 0 Å². The average Bonchev–Trinajstić information content (AvgIpc) is 2.75. The lowest BCUT2D eigenvalue weighted by atomic mass is 9.84. The van der Waals surface area contributed by atoms with Crippen molar-refractivity contribution in [1.29, 1.82) is 0 Å². The van der Waals surface area contributed by atoms with Crippen LogP contribution in [0.1, 0.15) is 27.7 Å². The number of hydrogen-bond donors (Lipinski definition) is 0. The van der Waals surface area contributed by atoms with Crippen LogP contribution in [0.2, 0.25) is 0 Å². The molecule has 25 heteroatoms. The van der Waals surface area contributed by atoms with Gasteiger partial charge in [0.15, 0.2) is 0 Å². The summed E-state index contributed by atoms with van der Waals surface area (Å²) in [5, 5.41) is 0. The highest BCUT2D eigenvalue weighted by molar-refractivity contribution is 5.15. The summed E-state index contributed by atoms with van der Waals surface area (Å²) in [6, 6.07) is 0. The van der Waals surface area contributed by atoms with E-state index in [-0.39, 0.29) is 0 Å². The highest BCUT2D eigenvalue weighted by Crippen LogP contribution is 2.65. The van der Waals surface area contributed by atoms with Crippen LogP contribution in [0.4, 0.5) is 105 Å². The van der Waals surface area contributed by atoms with Crippen molar-refractivity contribution in [2.75, 3.05) is 0 Å². The molecule has 260 valence electrons. The number of rotatable bonds is 12. The van der Waals surface area contributed by atoms with Gasteiger partial charge in [-0.2, -0.15) is 96.6 Å². The highest BCUT2D eigenvalue weighted by atomic mass is 19.4. The summed E-state index contributed by atoms with van der Waals surface area (Å²) < 4.78 is 328. The molecule has 0 aliphatic carbocycles. The summed E-state index contributed by atoms with van der Waals surface area (Å²) in [5.74, 6) is -88.9. The Morgan fingerprint density at radius 1 is 0.279 bits per heavy atom. The van der Waals surface area contributed by atoms with Crippen LogP contribution >= 0.6 is 0 Å². The lowest BCUT2D eigenvalue weighted by Gasteiger charge is -2.49. The van der Waals surface area contributed by atoms with Gasteiger partial charge in [-0.25, -0.2) is 8.78 Å². The molecule has 0 rings (SSSR count). The van der Waals surface area contributed by atoms with Crippen molar-refractivity contribution in [2.45, 2.75) is 99.1 Å². The van der Waals surface area contributed by atoms with Gasteiger partial charge < -0.3 is 0 Å². The first-order valence-corrected chi connectivity index (χ1v) is 10.3. The van der Waals surface area contributed by atoms with E-state index >= 15 is 8.78 Å². The lowest BCUT2D eigenvalue weighted by Crippen LogP contribution is -2.76. The molecule has 0 amide bonds. The number of halogens is 24. The molecule has 0 radical (unpaired) electrons. The third-order valence-corrected chi connectivity index (χ3v) is 5.72. The van der Waals surface area contributed by atoms with E-state index in [0.717, 1.165) is 0 Å². The van der Waals surface area contributed by atoms with Gasteiger partial charge in [0.25, 0.3) is 11.7 Å². The number of alkyl halides is 24. The molecule has 0 N–H and O–H groups in total. The molecule has 0 saturated heterocycles. The second kappa shape index (κ2) is 10.4. The summed E-state index contributed by atoms with van der Waals surface area (Å²) >= 11 is 0. The van der Waals surface area contributed by atoms with E-state index in [2.05, 4.69) is 4.74 Å². The van der Waals surface area contributed by atoms with Crippen LogP contribution in [-0.2, 0) is 4.74 Å². The Morgan fingerprint density at radius 3 is 0.581 bits per heavy atom. The summed E-state index contributed by atoms with van der Waals surface area (Å²) in [7, 11) is 0. The minimum Gasteiger partial charge on any atom is -0.298 e. The number of ether oxygens (including phenoxy) is 1. The number of hydrogen-bond acceptors (Lipinski definition) is 1. The molecule has 43 heavy (non-hydrogen) atoms. The van der Waals surface area contributed by atoms with Gasteiger partial charge in [-0.05, 0) is 0 Å². The molecule has 0 aliphatic rings. The molecular weight excluding hydrogens is 688 g/mol. The summed E-state index contributed by atoms with van der Waals surface area (Å²) in [6.07, 6.45) is -15.8. The van der Waals surface area contributed by atoms with Crippen LogP contribution in [0.25, 0.3) is 0 Å². The van der Waals surface area contributed by atoms with Crippen LogP contribution in [0.3, 0.4) is 0 Å². The molecule has 0 aromatic heterocycles. The van der Waals surface area contributed by atoms with E-state index in [1.165, 1.54) is 0 Å². The molecule has 2 atom stereocenters. The predicted molar refractivity (Wildman–Crippen MR) is 90.1 cm³/mol. The summed E-state index contributed by atoms with van der Waals surface area (Å²) in [5.41, 5.74) is 0. The zero-order valence-electron chi connectivity index (χ0n) is 20.6. The van der Waals surface area contributed by atoms with E-state index in [0.29, 0.717) is 0 Å². The first kappa shape index (κ1) is 41.3. The summed E-state index contributed by atoms with van der Waals surface area (Å²) in [6.45, 7) is -1.86. The van der Waals surface area contributed by atoms with Crippen molar-refractivity contribution in [3.05, 3.63) is 0 Å². The fourth-order valence-electron chi connectivity index (χ4n) is 2.88. The van der Waals surface area contributed by atoms with Gasteiger partial charge in [-0.3, -0.25) is 4.74 Å². The van der Waals surface area contributed by atoms with Gasteiger partial charge in [0.1, 0.15) is 0 Å². The fourth-order valence-corrected chi connectivity index (χ4v) is 2.88. The van der Waals surface area contributed by atoms with Crippen LogP contribution in [0.15, 0.2) is 0 Å². The van der Waals surface area contributed by atoms with Gasteiger partial charge in [0, 0.05) is 11.8 Å². The third-order valence-electron chi connectivity index (χ3n) is 5.72. The van der Waals surface area contributed by atoms with Crippen molar-refractivity contribution < 1.29 is 110 Å². The Balaban J connectivity index is 7.64. The maximum Gasteiger partial charge on any atom is 0.460 e. The van der Waals surface area contributed by atoms with Crippen molar-refractivity contribution in [1.82, 2.24) is 0 Å². The molecular formula is C18H14F24O. The molecule has 0 bridgehead atoms. The van der Waals surface area contributed by atoms with Crippen LogP contribution in [-0.4, -0.2) is 71.4 Å². The van der Waals surface area contributed by atoms with E-state index in [4.69, 9.17) is 0 Å². The average molecular weight is 702 g/mol. The van der Waals surface area contributed by atoms with Gasteiger partial charge >= 0.3 is 59.7 Å². The maximum atomic E-state index is 15.3. The van der Waals surface area contributed by atoms with E-state index in [9.17, 15) is 96.6 Å². The molecule has 2 unspecified atom stereocenters. The smallest absolute Gasteiger partial charge is 0.298 e. The van der Waals surface area contributed by atoms with Crippen molar-refractivity contribution >= 4 is 0 Å². The lowest BCUT2D eigenvalue weighted by molar-refractivity contribution is -0.497. The molecule has 0 fully saturated rings. The zero-order valence-corrected chi connectivity index (χ0v) is 20.6. The van der Waals surface area contributed by atoms with Crippen molar-refractivity contribution in [3.63, 3.8) is 0 Å². The zero-order chi connectivity index (χ0) is 35.9. The Kier molecular flexibility index (Phi) is 9.99. The molecule has 0 heterocycles. The first-order valence-electron chi connectivity index (χ1n) is 10.3. The molecule has 0 saturated carbocycles. The molecule has 0 spiro atoms. The maximum absolute atomic E-state index is 15.3. The topological polar surface area (TPSA) is 9.23 Å². The predicted octanol–water partition coefficient (Wildman–Crippen LogP) is 9.85. The standard InChI is InChI=1S/C18H14F24O/c1-5(2)7(19,9(21,22)11(25,26)13(29,30)15(33,34)17(37,38)39)43-8(20,6(3)4)10(23,24)12(27,28)14(31,32)16(35,36)18(40,41)42/h5-6H,1-4H3. The third kappa shape index (κ3) is 5.23. The fraction of sp³-hybridized carbons (Fsp3) is 1.00. The minimum atomic E-state index is -8.58. The van der Waals surface area contributed by atoms with Crippen molar-refractivity contribution in [3.8, 4) is 0 Å². The largest absolute Gasteiger partial charge is 0.460 e. The minimum absolute atomic E-state index is 0.465.